The minimum atomic E-state index is -1.82. The van der Waals surface area contributed by atoms with Crippen LogP contribution in [0.1, 0.15) is 20.3 Å². The fourth-order valence-electron chi connectivity index (χ4n) is 1.19. The third-order valence-electron chi connectivity index (χ3n) is 2.34. The van der Waals surface area contributed by atoms with Gasteiger partial charge in [-0.3, -0.25) is 0 Å². The average molecular weight is 302 g/mol. The molecule has 0 radical (unpaired) electrons. The van der Waals surface area contributed by atoms with Crippen LogP contribution >= 0.6 is 0 Å². The SMILES string of the molecule is C=C(C)C(=O)OC(CC[SiH](OC)OC)OC(=O)C(=C)C. The second-order valence-corrected chi connectivity index (χ2v) is 6.66. The van der Waals surface area contributed by atoms with E-state index in [1.54, 1.807) is 14.2 Å². The third kappa shape index (κ3) is 7.22. The number of carbonyl (C=O) groups excluding carboxylic acids is 2. The standard InChI is InChI=1S/C13H22O6Si/c1-9(2)12(14)18-11(19-13(15)10(3)4)7-8-20(16-5)17-6/h11,20H,1,3,7-8H2,2,4-6H3. The molecule has 0 amide bonds. The molecule has 0 aliphatic rings. The first kappa shape index (κ1) is 18.6. The summed E-state index contributed by atoms with van der Waals surface area (Å²) in [6.45, 7) is 9.98. The van der Waals surface area contributed by atoms with E-state index < -0.39 is 27.5 Å². The van der Waals surface area contributed by atoms with Crippen molar-refractivity contribution in [3.63, 3.8) is 0 Å². The van der Waals surface area contributed by atoms with Crippen LogP contribution in [-0.4, -0.2) is 41.7 Å². The molecule has 0 aromatic heterocycles. The van der Waals surface area contributed by atoms with Crippen LogP contribution in [0, 0.1) is 0 Å². The van der Waals surface area contributed by atoms with Crippen LogP contribution in [-0.2, 0) is 27.9 Å². The van der Waals surface area contributed by atoms with E-state index in [1.165, 1.54) is 13.8 Å². The van der Waals surface area contributed by atoms with Crippen molar-refractivity contribution in [1.82, 2.24) is 0 Å². The molecule has 0 N–H and O–H groups in total. The molecule has 114 valence electrons. The van der Waals surface area contributed by atoms with Crippen LogP contribution in [0.5, 0.6) is 0 Å². The molecule has 0 saturated heterocycles. The Balaban J connectivity index is 4.61. The third-order valence-corrected chi connectivity index (χ3v) is 4.19. The maximum Gasteiger partial charge on any atom is 0.336 e. The number of esters is 2. The van der Waals surface area contributed by atoms with E-state index in [2.05, 4.69) is 13.2 Å². The summed E-state index contributed by atoms with van der Waals surface area (Å²) < 4.78 is 20.4. The quantitative estimate of drug-likeness (QED) is 0.278. The van der Waals surface area contributed by atoms with Gasteiger partial charge in [0.05, 0.1) is 0 Å². The van der Waals surface area contributed by atoms with Crippen molar-refractivity contribution in [2.75, 3.05) is 14.2 Å². The fraction of sp³-hybridized carbons (Fsp3) is 0.538. The highest BCUT2D eigenvalue weighted by molar-refractivity contribution is 6.44. The zero-order valence-corrected chi connectivity index (χ0v) is 13.6. The molecular weight excluding hydrogens is 280 g/mol. The molecule has 0 aromatic carbocycles. The van der Waals surface area contributed by atoms with Gasteiger partial charge in [0, 0.05) is 31.8 Å². The van der Waals surface area contributed by atoms with Crippen molar-refractivity contribution in [1.29, 1.82) is 0 Å². The van der Waals surface area contributed by atoms with Crippen LogP contribution in [0.25, 0.3) is 0 Å². The first-order valence-electron chi connectivity index (χ1n) is 6.10. The molecule has 0 fully saturated rings. The molecule has 0 aromatic rings. The monoisotopic (exact) mass is 302 g/mol. The molecule has 0 aliphatic carbocycles. The Hall–Kier alpha value is -1.44. The molecule has 0 bridgehead atoms. The lowest BCUT2D eigenvalue weighted by Crippen LogP contribution is -2.28. The van der Waals surface area contributed by atoms with E-state index in [9.17, 15) is 9.59 Å². The van der Waals surface area contributed by atoms with E-state index in [-0.39, 0.29) is 11.1 Å². The highest BCUT2D eigenvalue weighted by atomic mass is 28.3. The molecule has 0 atom stereocenters. The van der Waals surface area contributed by atoms with Gasteiger partial charge >= 0.3 is 21.2 Å². The van der Waals surface area contributed by atoms with Crippen LogP contribution in [0.15, 0.2) is 24.3 Å². The summed E-state index contributed by atoms with van der Waals surface area (Å²) in [6, 6.07) is 0.532. The Morgan fingerprint density at radius 2 is 1.40 bits per heavy atom. The summed E-state index contributed by atoms with van der Waals surface area (Å²) in [5.41, 5.74) is 0.460. The summed E-state index contributed by atoms with van der Waals surface area (Å²) in [7, 11) is 1.29. The van der Waals surface area contributed by atoms with Gasteiger partial charge in [-0.05, 0) is 19.9 Å². The molecule has 0 saturated carbocycles. The van der Waals surface area contributed by atoms with Crippen LogP contribution < -0.4 is 0 Å². The molecule has 0 spiro atoms. The van der Waals surface area contributed by atoms with Gasteiger partial charge in [0.25, 0.3) is 0 Å². The molecule has 0 rings (SSSR count). The predicted octanol–water partition coefficient (Wildman–Crippen LogP) is 1.45. The van der Waals surface area contributed by atoms with Gasteiger partial charge in [-0.15, -0.1) is 0 Å². The van der Waals surface area contributed by atoms with Gasteiger partial charge in [0.2, 0.25) is 6.29 Å². The van der Waals surface area contributed by atoms with Gasteiger partial charge in [0.1, 0.15) is 0 Å². The van der Waals surface area contributed by atoms with Crippen LogP contribution in [0.3, 0.4) is 0 Å². The van der Waals surface area contributed by atoms with E-state index in [4.69, 9.17) is 18.3 Å². The predicted molar refractivity (Wildman–Crippen MR) is 76.2 cm³/mol. The van der Waals surface area contributed by atoms with E-state index in [0.717, 1.165) is 0 Å². The largest absolute Gasteiger partial charge is 0.422 e. The molecule has 7 heteroatoms. The van der Waals surface area contributed by atoms with Crippen molar-refractivity contribution in [2.45, 2.75) is 32.6 Å². The Bertz CT molecular complexity index is 347. The number of rotatable bonds is 9. The zero-order valence-electron chi connectivity index (χ0n) is 12.4. The Kier molecular flexibility index (Phi) is 8.78. The van der Waals surface area contributed by atoms with E-state index in [1.807, 2.05) is 0 Å². The van der Waals surface area contributed by atoms with Crippen molar-refractivity contribution >= 4 is 21.2 Å². The first-order chi connectivity index (χ1) is 9.31. The number of hydrogen-bond acceptors (Lipinski definition) is 6. The van der Waals surface area contributed by atoms with Crippen molar-refractivity contribution in [3.8, 4) is 0 Å². The number of carbonyl (C=O) groups is 2. The van der Waals surface area contributed by atoms with Crippen LogP contribution in [0.4, 0.5) is 0 Å². The van der Waals surface area contributed by atoms with Gasteiger partial charge in [-0.1, -0.05) is 13.2 Å². The molecule has 6 nitrogen and oxygen atoms in total. The Labute approximate surface area is 121 Å². The van der Waals surface area contributed by atoms with Crippen molar-refractivity contribution in [3.05, 3.63) is 24.3 Å². The second-order valence-electron chi connectivity index (χ2n) is 4.28. The maximum absolute atomic E-state index is 11.5. The van der Waals surface area contributed by atoms with Crippen molar-refractivity contribution < 1.29 is 27.9 Å². The number of hydrogen-bond donors (Lipinski definition) is 0. The zero-order chi connectivity index (χ0) is 15.7. The highest BCUT2D eigenvalue weighted by Gasteiger charge is 2.22. The maximum atomic E-state index is 11.5. The lowest BCUT2D eigenvalue weighted by atomic mass is 10.3. The van der Waals surface area contributed by atoms with Gasteiger partial charge < -0.3 is 18.3 Å². The average Bonchev–Trinajstić information content (AvgIpc) is 2.39. The molecule has 0 unspecified atom stereocenters. The van der Waals surface area contributed by atoms with E-state index in [0.29, 0.717) is 12.5 Å². The minimum Gasteiger partial charge on any atom is -0.422 e. The van der Waals surface area contributed by atoms with Crippen molar-refractivity contribution in [2.24, 2.45) is 0 Å². The molecular formula is C13H22O6Si. The normalized spacial score (nSPS) is 10.5. The smallest absolute Gasteiger partial charge is 0.336 e. The first-order valence-corrected chi connectivity index (χ1v) is 7.86. The lowest BCUT2D eigenvalue weighted by Gasteiger charge is -2.19. The highest BCUT2D eigenvalue weighted by Crippen LogP contribution is 2.12. The Morgan fingerprint density at radius 1 is 1.00 bits per heavy atom. The molecule has 0 heterocycles. The second kappa shape index (κ2) is 9.46. The topological polar surface area (TPSA) is 71.1 Å². The summed E-state index contributed by atoms with van der Waals surface area (Å²) >= 11 is 0. The molecule has 20 heavy (non-hydrogen) atoms. The van der Waals surface area contributed by atoms with Gasteiger partial charge in [0.15, 0.2) is 0 Å². The summed E-state index contributed by atoms with van der Waals surface area (Å²) in [6.07, 6.45) is -0.694. The van der Waals surface area contributed by atoms with Gasteiger partial charge in [-0.25, -0.2) is 9.59 Å². The Morgan fingerprint density at radius 3 is 1.70 bits per heavy atom. The number of ether oxygens (including phenoxy) is 2. The summed E-state index contributed by atoms with van der Waals surface area (Å²) in [5.74, 6) is -1.23. The van der Waals surface area contributed by atoms with Crippen LogP contribution in [0.2, 0.25) is 6.04 Å². The summed E-state index contributed by atoms with van der Waals surface area (Å²) in [5, 5.41) is 0. The lowest BCUT2D eigenvalue weighted by molar-refractivity contribution is -0.182. The minimum absolute atomic E-state index is 0.230. The molecule has 0 aliphatic heterocycles. The van der Waals surface area contributed by atoms with E-state index >= 15 is 0 Å². The summed E-state index contributed by atoms with van der Waals surface area (Å²) in [4.78, 5) is 23.0. The van der Waals surface area contributed by atoms with Gasteiger partial charge in [-0.2, -0.15) is 0 Å². The fourth-order valence-corrected chi connectivity index (χ4v) is 2.39.